The van der Waals surface area contributed by atoms with Crippen LogP contribution in [-0.2, 0) is 0 Å². The number of benzene rings is 1. The maximum Gasteiger partial charge on any atom is 0.252 e. The highest BCUT2D eigenvalue weighted by molar-refractivity contribution is 5.97. The van der Waals surface area contributed by atoms with E-state index in [1.54, 1.807) is 0 Å². The van der Waals surface area contributed by atoms with Crippen LogP contribution in [0.3, 0.4) is 0 Å². The Balaban J connectivity index is 2.19. The van der Waals surface area contributed by atoms with Gasteiger partial charge in [0.15, 0.2) is 0 Å². The molecule has 0 saturated heterocycles. The van der Waals surface area contributed by atoms with Crippen LogP contribution >= 0.6 is 0 Å². The van der Waals surface area contributed by atoms with Crippen molar-refractivity contribution in [2.45, 2.75) is 45.6 Å². The SMILES string of the molecule is Cc1ccc(C#CCCO)c(C(=O)NC2CCCC2C)c1. The fraction of sp³-hybridized carbons (Fsp3) is 0.500. The number of carbonyl (C=O) groups excluding carboxylic acids is 1. The molecule has 0 radical (unpaired) electrons. The number of aliphatic hydroxyl groups is 1. The summed E-state index contributed by atoms with van der Waals surface area (Å²) in [7, 11) is 0. The second kappa shape index (κ2) is 7.28. The van der Waals surface area contributed by atoms with Gasteiger partial charge in [-0.15, -0.1) is 0 Å². The molecule has 0 bridgehead atoms. The van der Waals surface area contributed by atoms with Gasteiger partial charge in [0.05, 0.1) is 12.2 Å². The molecule has 1 fully saturated rings. The molecule has 1 aliphatic carbocycles. The van der Waals surface area contributed by atoms with E-state index < -0.39 is 0 Å². The standard InChI is InChI=1S/C18H23NO2/c1-13-9-10-15(7-3-4-11-20)16(12-13)18(21)19-17-8-5-6-14(17)2/h9-10,12,14,17,20H,4-6,8,11H2,1-2H3,(H,19,21). The van der Waals surface area contributed by atoms with E-state index in [0.29, 0.717) is 17.9 Å². The minimum absolute atomic E-state index is 0.0363. The lowest BCUT2D eigenvalue weighted by Crippen LogP contribution is -2.36. The molecule has 2 rings (SSSR count). The molecular formula is C18H23NO2. The zero-order chi connectivity index (χ0) is 15.2. The number of amides is 1. The van der Waals surface area contributed by atoms with Crippen LogP contribution in [0, 0.1) is 24.7 Å². The Morgan fingerprint density at radius 1 is 1.43 bits per heavy atom. The minimum atomic E-state index is -0.0363. The van der Waals surface area contributed by atoms with Crippen LogP contribution in [0.15, 0.2) is 18.2 Å². The summed E-state index contributed by atoms with van der Waals surface area (Å²) in [6, 6.07) is 6.00. The lowest BCUT2D eigenvalue weighted by Gasteiger charge is -2.18. The van der Waals surface area contributed by atoms with Crippen molar-refractivity contribution in [2.75, 3.05) is 6.61 Å². The van der Waals surface area contributed by atoms with Crippen LogP contribution in [0.25, 0.3) is 0 Å². The molecule has 3 heteroatoms. The molecular weight excluding hydrogens is 262 g/mol. The largest absolute Gasteiger partial charge is 0.395 e. The average Bonchev–Trinajstić information content (AvgIpc) is 2.86. The van der Waals surface area contributed by atoms with Crippen molar-refractivity contribution >= 4 is 5.91 Å². The summed E-state index contributed by atoms with van der Waals surface area (Å²) < 4.78 is 0. The molecule has 1 amide bonds. The Kier molecular flexibility index (Phi) is 5.41. The molecule has 1 aromatic rings. The van der Waals surface area contributed by atoms with E-state index >= 15 is 0 Å². The molecule has 2 unspecified atom stereocenters. The second-order valence-corrected chi connectivity index (χ2v) is 5.81. The third-order valence-corrected chi connectivity index (χ3v) is 4.06. The van der Waals surface area contributed by atoms with E-state index in [4.69, 9.17) is 5.11 Å². The number of aliphatic hydroxyl groups excluding tert-OH is 1. The van der Waals surface area contributed by atoms with Gasteiger partial charge < -0.3 is 10.4 Å². The van der Waals surface area contributed by atoms with Gasteiger partial charge in [0.25, 0.3) is 5.91 Å². The smallest absolute Gasteiger partial charge is 0.252 e. The first-order valence-electron chi connectivity index (χ1n) is 7.63. The average molecular weight is 285 g/mol. The Hall–Kier alpha value is -1.79. The number of aryl methyl sites for hydroxylation is 1. The highest BCUT2D eigenvalue weighted by atomic mass is 16.2. The highest BCUT2D eigenvalue weighted by Gasteiger charge is 2.25. The summed E-state index contributed by atoms with van der Waals surface area (Å²) in [4.78, 5) is 12.5. The first kappa shape index (κ1) is 15.6. The lowest BCUT2D eigenvalue weighted by atomic mass is 10.0. The normalized spacial score (nSPS) is 20.7. The number of nitrogens with one attached hydrogen (secondary N) is 1. The van der Waals surface area contributed by atoms with E-state index in [1.807, 2.05) is 25.1 Å². The van der Waals surface area contributed by atoms with Crippen LogP contribution in [0.4, 0.5) is 0 Å². The summed E-state index contributed by atoms with van der Waals surface area (Å²) >= 11 is 0. The van der Waals surface area contributed by atoms with Crippen LogP contribution in [0.2, 0.25) is 0 Å². The predicted octanol–water partition coefficient (Wildman–Crippen LogP) is 2.65. The number of hydrogen-bond donors (Lipinski definition) is 2. The minimum Gasteiger partial charge on any atom is -0.395 e. The van der Waals surface area contributed by atoms with Gasteiger partial charge in [0.2, 0.25) is 0 Å². The molecule has 2 N–H and O–H groups in total. The summed E-state index contributed by atoms with van der Waals surface area (Å²) in [6.45, 7) is 4.20. The molecule has 0 spiro atoms. The zero-order valence-corrected chi connectivity index (χ0v) is 12.8. The van der Waals surface area contributed by atoms with Crippen molar-refractivity contribution in [3.8, 4) is 11.8 Å². The van der Waals surface area contributed by atoms with E-state index in [2.05, 4.69) is 24.1 Å². The molecule has 3 nitrogen and oxygen atoms in total. The van der Waals surface area contributed by atoms with Crippen LogP contribution < -0.4 is 5.32 Å². The molecule has 1 aliphatic rings. The first-order chi connectivity index (χ1) is 10.1. The van der Waals surface area contributed by atoms with Crippen molar-refractivity contribution in [1.29, 1.82) is 0 Å². The molecule has 0 aliphatic heterocycles. The Bertz CT molecular complexity index is 568. The fourth-order valence-corrected chi connectivity index (χ4v) is 2.77. The summed E-state index contributed by atoms with van der Waals surface area (Å²) in [5.74, 6) is 6.38. The molecule has 112 valence electrons. The van der Waals surface area contributed by atoms with E-state index in [9.17, 15) is 4.79 Å². The molecule has 21 heavy (non-hydrogen) atoms. The Morgan fingerprint density at radius 2 is 2.24 bits per heavy atom. The maximum absolute atomic E-state index is 12.5. The molecule has 1 aromatic carbocycles. The zero-order valence-electron chi connectivity index (χ0n) is 12.8. The third-order valence-electron chi connectivity index (χ3n) is 4.06. The Morgan fingerprint density at radius 3 is 2.90 bits per heavy atom. The summed E-state index contributed by atoms with van der Waals surface area (Å²) in [6.07, 6.45) is 3.85. The van der Waals surface area contributed by atoms with Gasteiger partial charge in [-0.3, -0.25) is 4.79 Å². The van der Waals surface area contributed by atoms with Gasteiger partial charge in [-0.1, -0.05) is 36.8 Å². The predicted molar refractivity (Wildman–Crippen MR) is 84.0 cm³/mol. The van der Waals surface area contributed by atoms with Crippen LogP contribution in [-0.4, -0.2) is 23.7 Å². The van der Waals surface area contributed by atoms with E-state index in [1.165, 1.54) is 12.8 Å². The van der Waals surface area contributed by atoms with Gasteiger partial charge in [0.1, 0.15) is 0 Å². The van der Waals surface area contributed by atoms with Gasteiger partial charge in [-0.25, -0.2) is 0 Å². The quantitative estimate of drug-likeness (QED) is 0.839. The second-order valence-electron chi connectivity index (χ2n) is 5.81. The molecule has 0 aromatic heterocycles. The van der Waals surface area contributed by atoms with E-state index in [0.717, 1.165) is 17.5 Å². The van der Waals surface area contributed by atoms with Crippen molar-refractivity contribution in [3.63, 3.8) is 0 Å². The summed E-state index contributed by atoms with van der Waals surface area (Å²) in [5.41, 5.74) is 2.42. The van der Waals surface area contributed by atoms with Crippen molar-refractivity contribution in [3.05, 3.63) is 34.9 Å². The highest BCUT2D eigenvalue weighted by Crippen LogP contribution is 2.25. The van der Waals surface area contributed by atoms with Crippen molar-refractivity contribution in [1.82, 2.24) is 5.32 Å². The topological polar surface area (TPSA) is 49.3 Å². The third kappa shape index (κ3) is 4.09. The fourth-order valence-electron chi connectivity index (χ4n) is 2.77. The molecule has 0 heterocycles. The molecule has 2 atom stereocenters. The van der Waals surface area contributed by atoms with E-state index in [-0.39, 0.29) is 18.6 Å². The van der Waals surface area contributed by atoms with Crippen molar-refractivity contribution in [2.24, 2.45) is 5.92 Å². The number of carbonyl (C=O) groups is 1. The van der Waals surface area contributed by atoms with Crippen LogP contribution in [0.1, 0.15) is 54.1 Å². The van der Waals surface area contributed by atoms with Crippen LogP contribution in [0.5, 0.6) is 0 Å². The van der Waals surface area contributed by atoms with Gasteiger partial charge in [-0.05, 0) is 37.8 Å². The number of hydrogen-bond acceptors (Lipinski definition) is 2. The first-order valence-corrected chi connectivity index (χ1v) is 7.63. The monoisotopic (exact) mass is 285 g/mol. The van der Waals surface area contributed by atoms with Gasteiger partial charge in [0, 0.05) is 18.0 Å². The van der Waals surface area contributed by atoms with Crippen molar-refractivity contribution < 1.29 is 9.90 Å². The number of rotatable bonds is 3. The van der Waals surface area contributed by atoms with Gasteiger partial charge >= 0.3 is 0 Å². The maximum atomic E-state index is 12.5. The lowest BCUT2D eigenvalue weighted by molar-refractivity contribution is 0.0929. The summed E-state index contributed by atoms with van der Waals surface area (Å²) in [5, 5.41) is 12.0. The Labute approximate surface area is 126 Å². The van der Waals surface area contributed by atoms with Gasteiger partial charge in [-0.2, -0.15) is 0 Å². The molecule has 1 saturated carbocycles.